The van der Waals surface area contributed by atoms with Crippen LogP contribution in [-0.4, -0.2) is 34.9 Å². The molecule has 0 saturated heterocycles. The Labute approximate surface area is 163 Å². The Balaban J connectivity index is 1.84. The number of unbranched alkanes of at least 4 members (excludes halogenated alkanes) is 2. The molecule has 3 aromatic rings. The number of pyridine rings is 1. The van der Waals surface area contributed by atoms with Crippen LogP contribution in [0.4, 0.5) is 5.69 Å². The Kier molecular flexibility index (Phi) is 6.26. The van der Waals surface area contributed by atoms with Crippen LogP contribution >= 0.6 is 0 Å². The van der Waals surface area contributed by atoms with Gasteiger partial charge in [-0.1, -0.05) is 31.9 Å². The number of amides is 2. The zero-order valence-electron chi connectivity index (χ0n) is 16.1. The molecule has 1 aromatic carbocycles. The van der Waals surface area contributed by atoms with Crippen molar-refractivity contribution < 1.29 is 14.3 Å². The molecule has 0 atom stereocenters. The molecule has 2 N–H and O–H groups in total. The van der Waals surface area contributed by atoms with Gasteiger partial charge in [-0.05, 0) is 30.7 Å². The highest BCUT2D eigenvalue weighted by molar-refractivity contribution is 6.06. The number of imidazole rings is 1. The number of aromatic nitrogens is 2. The molecule has 0 aliphatic heterocycles. The van der Waals surface area contributed by atoms with Crippen molar-refractivity contribution in [3.8, 4) is 5.75 Å². The predicted molar refractivity (Wildman–Crippen MR) is 108 cm³/mol. The molecule has 0 radical (unpaired) electrons. The SMILES string of the molecule is CCCCCNC(=O)c1nc(C(=O)Nc2cccc(OC)c2)n2ccccc12. The quantitative estimate of drug-likeness (QED) is 0.586. The van der Waals surface area contributed by atoms with Gasteiger partial charge < -0.3 is 15.4 Å². The Hall–Kier alpha value is -3.35. The second-order valence-electron chi connectivity index (χ2n) is 6.39. The van der Waals surface area contributed by atoms with Gasteiger partial charge in [0.15, 0.2) is 5.69 Å². The molecule has 7 heteroatoms. The van der Waals surface area contributed by atoms with Crippen LogP contribution in [0.15, 0.2) is 48.7 Å². The van der Waals surface area contributed by atoms with Crippen LogP contribution in [0.25, 0.3) is 5.52 Å². The van der Waals surface area contributed by atoms with Crippen LogP contribution in [0.1, 0.15) is 47.3 Å². The Bertz CT molecular complexity index is 981. The first-order valence-electron chi connectivity index (χ1n) is 9.34. The highest BCUT2D eigenvalue weighted by Gasteiger charge is 2.21. The molecule has 0 aliphatic rings. The van der Waals surface area contributed by atoms with Crippen molar-refractivity contribution in [1.29, 1.82) is 0 Å². The van der Waals surface area contributed by atoms with Gasteiger partial charge in [0.05, 0.1) is 12.6 Å². The molecule has 146 valence electrons. The maximum atomic E-state index is 12.8. The average Bonchev–Trinajstić information content (AvgIpc) is 3.11. The van der Waals surface area contributed by atoms with Gasteiger partial charge in [-0.25, -0.2) is 4.98 Å². The molecule has 7 nitrogen and oxygen atoms in total. The molecule has 0 spiro atoms. The van der Waals surface area contributed by atoms with Crippen molar-refractivity contribution in [2.75, 3.05) is 19.0 Å². The van der Waals surface area contributed by atoms with Gasteiger partial charge in [0.1, 0.15) is 5.75 Å². The minimum Gasteiger partial charge on any atom is -0.497 e. The molecule has 2 heterocycles. The molecule has 0 bridgehead atoms. The van der Waals surface area contributed by atoms with E-state index in [1.165, 1.54) is 0 Å². The van der Waals surface area contributed by atoms with Crippen molar-refractivity contribution >= 4 is 23.0 Å². The summed E-state index contributed by atoms with van der Waals surface area (Å²) in [6.07, 6.45) is 4.77. The number of nitrogens with zero attached hydrogens (tertiary/aromatic N) is 2. The van der Waals surface area contributed by atoms with Gasteiger partial charge >= 0.3 is 0 Å². The van der Waals surface area contributed by atoms with E-state index in [4.69, 9.17) is 4.74 Å². The lowest BCUT2D eigenvalue weighted by atomic mass is 10.2. The summed E-state index contributed by atoms with van der Waals surface area (Å²) >= 11 is 0. The van der Waals surface area contributed by atoms with E-state index in [1.807, 2.05) is 6.07 Å². The zero-order chi connectivity index (χ0) is 19.9. The predicted octanol–water partition coefficient (Wildman–Crippen LogP) is 3.52. The summed E-state index contributed by atoms with van der Waals surface area (Å²) in [4.78, 5) is 29.7. The molecule has 0 saturated carbocycles. The molecular formula is C21H24N4O3. The minimum atomic E-state index is -0.403. The highest BCUT2D eigenvalue weighted by atomic mass is 16.5. The standard InChI is InChI=1S/C21H24N4O3/c1-3-4-6-12-22-20(26)18-17-11-5-7-13-25(17)19(24-18)21(27)23-15-9-8-10-16(14-15)28-2/h5,7-11,13-14H,3-4,6,12H2,1-2H3,(H,22,26)(H,23,27). The van der Waals surface area contributed by atoms with E-state index < -0.39 is 5.91 Å². The third-order valence-electron chi connectivity index (χ3n) is 4.36. The molecule has 0 aliphatic carbocycles. The molecular weight excluding hydrogens is 356 g/mol. The van der Waals surface area contributed by atoms with Crippen molar-refractivity contribution in [3.63, 3.8) is 0 Å². The van der Waals surface area contributed by atoms with Crippen molar-refractivity contribution in [2.45, 2.75) is 26.2 Å². The number of rotatable bonds is 8. The molecule has 0 fully saturated rings. The summed E-state index contributed by atoms with van der Waals surface area (Å²) < 4.78 is 6.80. The van der Waals surface area contributed by atoms with Crippen molar-refractivity contribution in [3.05, 3.63) is 60.2 Å². The van der Waals surface area contributed by atoms with Gasteiger partial charge in [-0.2, -0.15) is 0 Å². The number of hydrogen-bond acceptors (Lipinski definition) is 4. The largest absolute Gasteiger partial charge is 0.497 e. The normalized spacial score (nSPS) is 10.6. The lowest BCUT2D eigenvalue weighted by Crippen LogP contribution is -2.25. The van der Waals surface area contributed by atoms with E-state index in [2.05, 4.69) is 22.5 Å². The zero-order valence-corrected chi connectivity index (χ0v) is 16.1. The van der Waals surface area contributed by atoms with Crippen LogP contribution in [0.3, 0.4) is 0 Å². The summed E-state index contributed by atoms with van der Waals surface area (Å²) in [6.45, 7) is 2.70. The topological polar surface area (TPSA) is 84.7 Å². The molecule has 28 heavy (non-hydrogen) atoms. The average molecular weight is 380 g/mol. The number of ether oxygens (including phenoxy) is 1. The third-order valence-corrected chi connectivity index (χ3v) is 4.36. The lowest BCUT2D eigenvalue weighted by Gasteiger charge is -2.06. The molecule has 2 aromatic heterocycles. The first kappa shape index (κ1) is 19.4. The van der Waals surface area contributed by atoms with Gasteiger partial charge in [-0.15, -0.1) is 0 Å². The number of fused-ring (bicyclic) bond motifs is 1. The summed E-state index contributed by atoms with van der Waals surface area (Å²) in [5.74, 6) is 0.106. The molecule has 3 rings (SSSR count). The molecule has 0 unspecified atom stereocenters. The highest BCUT2D eigenvalue weighted by Crippen LogP contribution is 2.19. The first-order valence-corrected chi connectivity index (χ1v) is 9.34. The first-order chi connectivity index (χ1) is 13.6. The van der Waals surface area contributed by atoms with Crippen LogP contribution < -0.4 is 15.4 Å². The van der Waals surface area contributed by atoms with Gasteiger partial charge in [0, 0.05) is 24.5 Å². The second kappa shape index (κ2) is 9.03. The summed E-state index contributed by atoms with van der Waals surface area (Å²) in [7, 11) is 1.56. The fourth-order valence-corrected chi connectivity index (χ4v) is 2.91. The van der Waals surface area contributed by atoms with Gasteiger partial charge in [0.25, 0.3) is 11.8 Å². The Morgan fingerprint density at radius 3 is 2.75 bits per heavy atom. The van der Waals surface area contributed by atoms with Crippen molar-refractivity contribution in [2.24, 2.45) is 0 Å². The number of nitrogens with one attached hydrogen (secondary N) is 2. The lowest BCUT2D eigenvalue weighted by molar-refractivity contribution is 0.0950. The molecule has 2 amide bonds. The maximum absolute atomic E-state index is 12.8. The van der Waals surface area contributed by atoms with E-state index in [0.29, 0.717) is 23.5 Å². The minimum absolute atomic E-state index is 0.150. The number of hydrogen-bond donors (Lipinski definition) is 2. The van der Waals surface area contributed by atoms with Crippen LogP contribution in [0.2, 0.25) is 0 Å². The Morgan fingerprint density at radius 1 is 1.11 bits per heavy atom. The number of benzene rings is 1. The number of carbonyl (C=O) groups excluding carboxylic acids is 2. The smallest absolute Gasteiger partial charge is 0.292 e. The van der Waals surface area contributed by atoms with E-state index in [9.17, 15) is 9.59 Å². The van der Waals surface area contributed by atoms with Gasteiger partial charge in [-0.3, -0.25) is 14.0 Å². The maximum Gasteiger partial charge on any atom is 0.292 e. The van der Waals surface area contributed by atoms with Gasteiger partial charge in [0.2, 0.25) is 5.82 Å². The Morgan fingerprint density at radius 2 is 1.96 bits per heavy atom. The fraction of sp³-hybridized carbons (Fsp3) is 0.286. The van der Waals surface area contributed by atoms with E-state index >= 15 is 0 Å². The number of carbonyl (C=O) groups is 2. The van der Waals surface area contributed by atoms with Crippen LogP contribution in [0, 0.1) is 0 Å². The number of methoxy groups -OCH3 is 1. The second-order valence-corrected chi connectivity index (χ2v) is 6.39. The third kappa shape index (κ3) is 4.31. The van der Waals surface area contributed by atoms with Crippen LogP contribution in [0.5, 0.6) is 5.75 Å². The van der Waals surface area contributed by atoms with E-state index in [0.717, 1.165) is 19.3 Å². The summed E-state index contributed by atoms with van der Waals surface area (Å²) in [5.41, 5.74) is 1.42. The summed E-state index contributed by atoms with van der Waals surface area (Å²) in [5, 5.41) is 5.68. The van der Waals surface area contributed by atoms with Crippen LogP contribution in [-0.2, 0) is 0 Å². The van der Waals surface area contributed by atoms with E-state index in [-0.39, 0.29) is 17.4 Å². The summed E-state index contributed by atoms with van der Waals surface area (Å²) in [6, 6.07) is 12.4. The van der Waals surface area contributed by atoms with E-state index in [1.54, 1.807) is 54.1 Å². The van der Waals surface area contributed by atoms with Crippen molar-refractivity contribution in [1.82, 2.24) is 14.7 Å². The fourth-order valence-electron chi connectivity index (χ4n) is 2.91. The monoisotopic (exact) mass is 380 g/mol. The number of anilines is 1.